The van der Waals surface area contributed by atoms with Gasteiger partial charge in [0.05, 0.1) is 0 Å². The maximum absolute atomic E-state index is 6.35. The third kappa shape index (κ3) is 2.15. The molecular weight excluding hydrogens is 232 g/mol. The first-order valence-corrected chi connectivity index (χ1v) is 8.47. The molecule has 4 aliphatic carbocycles. The van der Waals surface area contributed by atoms with Crippen molar-refractivity contribution in [3.63, 3.8) is 0 Å². The second-order valence-corrected chi connectivity index (χ2v) is 8.10. The molecule has 2 heteroatoms. The molecule has 0 heterocycles. The van der Waals surface area contributed by atoms with Gasteiger partial charge < -0.3 is 5.73 Å². The molecule has 0 amide bonds. The summed E-state index contributed by atoms with van der Waals surface area (Å²) >= 11 is 0. The Morgan fingerprint density at radius 2 is 1.58 bits per heavy atom. The van der Waals surface area contributed by atoms with E-state index in [2.05, 4.69) is 25.8 Å². The predicted octanol–water partition coefficient (Wildman–Crippen LogP) is 3.12. The van der Waals surface area contributed by atoms with Gasteiger partial charge in [0.1, 0.15) is 0 Å². The Bertz CT molecular complexity index is 295. The number of hydrogen-bond acceptors (Lipinski definition) is 2. The van der Waals surface area contributed by atoms with Crippen LogP contribution in [0.4, 0.5) is 0 Å². The summed E-state index contributed by atoms with van der Waals surface area (Å²) < 4.78 is 0. The van der Waals surface area contributed by atoms with Crippen LogP contribution >= 0.6 is 0 Å². The monoisotopic (exact) mass is 264 g/mol. The Labute approximate surface area is 119 Å². The Morgan fingerprint density at radius 3 is 2.00 bits per heavy atom. The van der Waals surface area contributed by atoms with Crippen molar-refractivity contribution >= 4 is 0 Å². The highest BCUT2D eigenvalue weighted by Gasteiger charge is 2.57. The van der Waals surface area contributed by atoms with Gasteiger partial charge in [0.15, 0.2) is 0 Å². The van der Waals surface area contributed by atoms with E-state index in [9.17, 15) is 0 Å². The average Bonchev–Trinajstić information content (AvgIpc) is 2.36. The first-order valence-electron chi connectivity index (χ1n) is 8.47. The van der Waals surface area contributed by atoms with Crippen molar-refractivity contribution in [3.05, 3.63) is 0 Å². The Hall–Kier alpha value is -0.0800. The Balaban J connectivity index is 1.78. The van der Waals surface area contributed by atoms with Crippen molar-refractivity contribution in [1.29, 1.82) is 0 Å². The van der Waals surface area contributed by atoms with Gasteiger partial charge in [-0.1, -0.05) is 13.8 Å². The minimum atomic E-state index is 0.350. The van der Waals surface area contributed by atoms with Crippen LogP contribution in [0.15, 0.2) is 0 Å². The lowest BCUT2D eigenvalue weighted by Gasteiger charge is -2.64. The minimum absolute atomic E-state index is 0.350. The normalized spacial score (nSPS) is 44.5. The van der Waals surface area contributed by atoms with E-state index < -0.39 is 0 Å². The summed E-state index contributed by atoms with van der Waals surface area (Å²) in [6.45, 7) is 6.78. The van der Waals surface area contributed by atoms with Gasteiger partial charge in [-0.15, -0.1) is 0 Å². The van der Waals surface area contributed by atoms with Crippen LogP contribution in [0.2, 0.25) is 0 Å². The summed E-state index contributed by atoms with van der Waals surface area (Å²) in [6.07, 6.45) is 8.72. The smallest absolute Gasteiger partial charge is 0.0385 e. The summed E-state index contributed by atoms with van der Waals surface area (Å²) in [7, 11) is 2.36. The number of rotatable bonds is 5. The predicted molar refractivity (Wildman–Crippen MR) is 80.9 cm³/mol. The molecule has 2 N–H and O–H groups in total. The molecule has 0 radical (unpaired) electrons. The zero-order valence-corrected chi connectivity index (χ0v) is 13.1. The molecule has 0 aromatic rings. The quantitative estimate of drug-likeness (QED) is 0.826. The minimum Gasteiger partial charge on any atom is -0.329 e. The summed E-state index contributed by atoms with van der Waals surface area (Å²) in [5.41, 5.74) is 6.70. The van der Waals surface area contributed by atoms with Crippen LogP contribution in [0.5, 0.6) is 0 Å². The van der Waals surface area contributed by atoms with E-state index in [1.54, 1.807) is 0 Å². The van der Waals surface area contributed by atoms with Gasteiger partial charge in [0, 0.05) is 12.1 Å². The first-order chi connectivity index (χ1) is 9.06. The SMILES string of the molecule is CC(C)CCN(C)C1(CN)C2CC3CC(C2)CC1C3. The number of nitrogens with zero attached hydrogens (tertiary/aromatic N) is 1. The van der Waals surface area contributed by atoms with E-state index in [-0.39, 0.29) is 0 Å². The van der Waals surface area contributed by atoms with E-state index in [1.165, 1.54) is 45.1 Å². The number of nitrogens with two attached hydrogens (primary N) is 1. The van der Waals surface area contributed by atoms with E-state index >= 15 is 0 Å². The Kier molecular flexibility index (Phi) is 3.68. The highest BCUT2D eigenvalue weighted by Crippen LogP contribution is 2.59. The van der Waals surface area contributed by atoms with Gasteiger partial charge in [0.2, 0.25) is 0 Å². The molecular formula is C17H32N2. The molecule has 19 heavy (non-hydrogen) atoms. The van der Waals surface area contributed by atoms with Crippen LogP contribution in [0.3, 0.4) is 0 Å². The molecule has 4 fully saturated rings. The molecule has 110 valence electrons. The number of hydrogen-bond donors (Lipinski definition) is 1. The van der Waals surface area contributed by atoms with Gasteiger partial charge in [-0.05, 0) is 81.7 Å². The van der Waals surface area contributed by atoms with E-state index in [0.29, 0.717) is 5.54 Å². The maximum Gasteiger partial charge on any atom is 0.0385 e. The molecule has 0 unspecified atom stereocenters. The molecule has 0 aromatic carbocycles. The largest absolute Gasteiger partial charge is 0.329 e. The van der Waals surface area contributed by atoms with E-state index in [0.717, 1.165) is 36.1 Å². The fourth-order valence-electron chi connectivity index (χ4n) is 5.77. The topological polar surface area (TPSA) is 29.3 Å². The van der Waals surface area contributed by atoms with Gasteiger partial charge in [-0.25, -0.2) is 0 Å². The molecule has 0 spiro atoms. The van der Waals surface area contributed by atoms with Crippen LogP contribution in [0, 0.1) is 29.6 Å². The second kappa shape index (κ2) is 5.04. The Morgan fingerprint density at radius 1 is 1.05 bits per heavy atom. The van der Waals surface area contributed by atoms with Crippen LogP contribution in [-0.4, -0.2) is 30.6 Å². The third-order valence-electron chi connectivity index (χ3n) is 6.63. The summed E-state index contributed by atoms with van der Waals surface area (Å²) in [5.74, 6) is 4.67. The van der Waals surface area contributed by atoms with Gasteiger partial charge in [0.25, 0.3) is 0 Å². The standard InChI is InChI=1S/C17H32N2/c1-12(2)4-5-19(3)17(11-18)15-7-13-6-14(9-15)10-16(17)8-13/h12-16H,4-11,18H2,1-3H3. The zero-order valence-electron chi connectivity index (χ0n) is 13.1. The third-order valence-corrected chi connectivity index (χ3v) is 6.63. The number of likely N-dealkylation sites (N-methyl/N-ethyl adjacent to an activating group) is 1. The summed E-state index contributed by atoms with van der Waals surface area (Å²) in [4.78, 5) is 2.68. The highest BCUT2D eigenvalue weighted by molar-refractivity contribution is 5.12. The fraction of sp³-hybridized carbons (Fsp3) is 1.00. The van der Waals surface area contributed by atoms with Gasteiger partial charge in [-0.2, -0.15) is 0 Å². The highest BCUT2D eigenvalue weighted by atomic mass is 15.2. The molecule has 2 nitrogen and oxygen atoms in total. The van der Waals surface area contributed by atoms with Gasteiger partial charge in [-0.3, -0.25) is 4.90 Å². The van der Waals surface area contributed by atoms with E-state index in [1.807, 2.05) is 0 Å². The molecule has 4 bridgehead atoms. The van der Waals surface area contributed by atoms with Gasteiger partial charge >= 0.3 is 0 Å². The summed E-state index contributed by atoms with van der Waals surface area (Å²) in [6, 6.07) is 0. The molecule has 4 aliphatic rings. The average molecular weight is 264 g/mol. The fourth-order valence-corrected chi connectivity index (χ4v) is 5.77. The van der Waals surface area contributed by atoms with Crippen molar-refractivity contribution in [1.82, 2.24) is 4.90 Å². The van der Waals surface area contributed by atoms with E-state index in [4.69, 9.17) is 5.73 Å². The first kappa shape index (κ1) is 13.9. The van der Waals surface area contributed by atoms with Crippen molar-refractivity contribution in [2.24, 2.45) is 35.3 Å². The van der Waals surface area contributed by atoms with Crippen LogP contribution in [0.1, 0.15) is 52.4 Å². The lowest BCUT2D eigenvalue weighted by molar-refractivity contribution is -0.123. The lowest BCUT2D eigenvalue weighted by atomic mass is 9.48. The molecule has 4 rings (SSSR count). The molecule has 0 atom stereocenters. The van der Waals surface area contributed by atoms with Crippen molar-refractivity contribution in [2.75, 3.05) is 20.1 Å². The maximum atomic E-state index is 6.35. The molecule has 0 saturated heterocycles. The summed E-state index contributed by atoms with van der Waals surface area (Å²) in [5, 5.41) is 0. The van der Waals surface area contributed by atoms with Crippen molar-refractivity contribution in [2.45, 2.75) is 57.9 Å². The molecule has 0 aliphatic heterocycles. The van der Waals surface area contributed by atoms with Crippen molar-refractivity contribution < 1.29 is 0 Å². The molecule has 0 aromatic heterocycles. The lowest BCUT2D eigenvalue weighted by Crippen LogP contribution is -2.68. The second-order valence-electron chi connectivity index (χ2n) is 8.10. The zero-order chi connectivity index (χ0) is 13.6. The van der Waals surface area contributed by atoms with Crippen LogP contribution < -0.4 is 5.73 Å². The molecule has 4 saturated carbocycles. The van der Waals surface area contributed by atoms with Crippen LogP contribution in [0.25, 0.3) is 0 Å². The van der Waals surface area contributed by atoms with Crippen molar-refractivity contribution in [3.8, 4) is 0 Å². The van der Waals surface area contributed by atoms with Crippen LogP contribution in [-0.2, 0) is 0 Å².